The predicted molar refractivity (Wildman–Crippen MR) is 116 cm³/mol. The Kier molecular flexibility index (Phi) is 5.73. The van der Waals surface area contributed by atoms with Crippen molar-refractivity contribution in [3.05, 3.63) is 56.6 Å². The normalized spacial score (nSPS) is 15.7. The largest absolute Gasteiger partial charge is 0.384 e. The van der Waals surface area contributed by atoms with Gasteiger partial charge in [-0.25, -0.2) is 4.79 Å². The Balaban J connectivity index is 1.46. The molecule has 0 aromatic carbocycles. The Morgan fingerprint density at radius 3 is 2.68 bits per heavy atom. The number of nitrogen functional groups attached to an aromatic ring is 1. The number of piperidine rings is 1. The Bertz CT molecular complexity index is 1220. The molecule has 10 heteroatoms. The molecule has 1 saturated heterocycles. The summed E-state index contributed by atoms with van der Waals surface area (Å²) in [5.41, 5.74) is 5.44. The first-order chi connectivity index (χ1) is 14.8. The summed E-state index contributed by atoms with van der Waals surface area (Å²) >= 11 is 0. The van der Waals surface area contributed by atoms with Gasteiger partial charge in [0.2, 0.25) is 0 Å². The molecule has 1 aliphatic heterocycles. The molecule has 4 rings (SSSR count). The molecule has 0 bridgehead atoms. The average molecular weight is 425 g/mol. The summed E-state index contributed by atoms with van der Waals surface area (Å²) in [6.07, 6.45) is 3.63. The van der Waals surface area contributed by atoms with Crippen LogP contribution in [0.15, 0.2) is 34.0 Å². The second-order valence-electron chi connectivity index (χ2n) is 8.48. The molecule has 4 heterocycles. The molecule has 0 unspecified atom stereocenters. The van der Waals surface area contributed by atoms with Crippen LogP contribution < -0.4 is 17.0 Å². The van der Waals surface area contributed by atoms with Crippen molar-refractivity contribution in [2.45, 2.75) is 39.2 Å². The minimum absolute atomic E-state index is 0.0581. The number of anilines is 1. The van der Waals surface area contributed by atoms with Gasteiger partial charge in [0.1, 0.15) is 17.2 Å². The first-order valence-corrected chi connectivity index (χ1v) is 10.5. The van der Waals surface area contributed by atoms with Crippen molar-refractivity contribution < 1.29 is 4.79 Å². The molecular weight excluding hydrogens is 398 g/mol. The van der Waals surface area contributed by atoms with Crippen LogP contribution in [0.4, 0.5) is 5.82 Å². The van der Waals surface area contributed by atoms with Gasteiger partial charge in [-0.3, -0.25) is 28.4 Å². The fraction of sp³-hybridized carbons (Fsp3) is 0.476. The number of carbonyl (C=O) groups is 1. The monoisotopic (exact) mass is 425 g/mol. The van der Waals surface area contributed by atoms with Crippen LogP contribution in [0.3, 0.4) is 0 Å². The number of ketones is 1. The minimum Gasteiger partial charge on any atom is -0.384 e. The number of nitrogens with zero attached hydrogens (tertiary/aromatic N) is 5. The number of nitrogens with two attached hydrogens (primary N) is 1. The van der Waals surface area contributed by atoms with Crippen LogP contribution in [0.1, 0.15) is 48.8 Å². The zero-order chi connectivity index (χ0) is 22.1. The van der Waals surface area contributed by atoms with E-state index in [1.165, 1.54) is 4.57 Å². The first-order valence-electron chi connectivity index (χ1n) is 10.5. The second kappa shape index (κ2) is 8.46. The molecule has 0 spiro atoms. The van der Waals surface area contributed by atoms with E-state index in [2.05, 4.69) is 15.2 Å². The number of hydrogen-bond acceptors (Lipinski definition) is 7. The standard InChI is InChI=1S/C21H27N7O3/c1-13(2)11-28-18(22)17(20(30)23-21(28)31)15(29)12-26-9-6-14(7-10-26)19-25-24-16-5-3-4-8-27(16)19/h3-5,8,13-14H,6-7,9-12,22H2,1-2H3,(H,23,30,31). The summed E-state index contributed by atoms with van der Waals surface area (Å²) < 4.78 is 3.27. The molecule has 3 aromatic rings. The zero-order valence-corrected chi connectivity index (χ0v) is 17.7. The Hall–Kier alpha value is -3.27. The van der Waals surface area contributed by atoms with E-state index in [9.17, 15) is 14.4 Å². The van der Waals surface area contributed by atoms with E-state index in [0.717, 1.165) is 24.3 Å². The van der Waals surface area contributed by atoms with Crippen molar-refractivity contribution in [2.75, 3.05) is 25.4 Å². The first kappa shape index (κ1) is 21.0. The van der Waals surface area contributed by atoms with Gasteiger partial charge >= 0.3 is 5.69 Å². The van der Waals surface area contributed by atoms with Gasteiger partial charge in [0.05, 0.1) is 6.54 Å². The summed E-state index contributed by atoms with van der Waals surface area (Å²) in [5, 5.41) is 8.57. The maximum Gasteiger partial charge on any atom is 0.329 e. The van der Waals surface area contributed by atoms with Crippen LogP contribution >= 0.6 is 0 Å². The fourth-order valence-corrected chi connectivity index (χ4v) is 4.17. The zero-order valence-electron chi connectivity index (χ0n) is 17.7. The topological polar surface area (TPSA) is 131 Å². The lowest BCUT2D eigenvalue weighted by atomic mass is 9.95. The number of rotatable bonds is 6. The molecule has 10 nitrogen and oxygen atoms in total. The number of hydrogen-bond donors (Lipinski definition) is 2. The number of fused-ring (bicyclic) bond motifs is 1. The minimum atomic E-state index is -0.725. The Labute approximate surface area is 178 Å². The van der Waals surface area contributed by atoms with Gasteiger partial charge in [0.15, 0.2) is 11.4 Å². The summed E-state index contributed by atoms with van der Waals surface area (Å²) in [6.45, 7) is 5.67. The van der Waals surface area contributed by atoms with Crippen LogP contribution in [-0.2, 0) is 6.54 Å². The molecule has 3 aromatic heterocycles. The van der Waals surface area contributed by atoms with Crippen molar-refractivity contribution in [1.82, 2.24) is 29.0 Å². The smallest absolute Gasteiger partial charge is 0.329 e. The highest BCUT2D eigenvalue weighted by molar-refractivity contribution is 6.01. The maximum absolute atomic E-state index is 12.9. The number of pyridine rings is 1. The molecule has 1 aliphatic rings. The Morgan fingerprint density at radius 2 is 1.97 bits per heavy atom. The lowest BCUT2D eigenvalue weighted by molar-refractivity contribution is 0.0906. The highest BCUT2D eigenvalue weighted by Gasteiger charge is 2.27. The predicted octanol–water partition coefficient (Wildman–Crippen LogP) is 0.880. The SMILES string of the molecule is CC(C)Cn1c(N)c(C(=O)CN2CCC(c3nnc4ccccn34)CC2)c(=O)[nH]c1=O. The van der Waals surface area contributed by atoms with Gasteiger partial charge in [0.25, 0.3) is 5.56 Å². The average Bonchev–Trinajstić information content (AvgIpc) is 3.15. The number of H-pyrrole nitrogens is 1. The highest BCUT2D eigenvalue weighted by Crippen LogP contribution is 2.27. The second-order valence-corrected chi connectivity index (χ2v) is 8.48. The lowest BCUT2D eigenvalue weighted by Gasteiger charge is -2.30. The molecule has 164 valence electrons. The van der Waals surface area contributed by atoms with Crippen LogP contribution in [0, 0.1) is 5.92 Å². The number of likely N-dealkylation sites (tertiary alicyclic amines) is 1. The molecule has 3 N–H and O–H groups in total. The van der Waals surface area contributed by atoms with E-state index in [-0.39, 0.29) is 35.5 Å². The third-order valence-electron chi connectivity index (χ3n) is 5.73. The van der Waals surface area contributed by atoms with Crippen molar-refractivity contribution in [2.24, 2.45) is 5.92 Å². The van der Waals surface area contributed by atoms with Crippen molar-refractivity contribution >= 4 is 17.2 Å². The molecule has 0 radical (unpaired) electrons. The number of carbonyl (C=O) groups excluding carboxylic acids is 1. The van der Waals surface area contributed by atoms with E-state index < -0.39 is 11.2 Å². The van der Waals surface area contributed by atoms with Crippen molar-refractivity contribution in [3.8, 4) is 0 Å². The lowest BCUT2D eigenvalue weighted by Crippen LogP contribution is -2.41. The third-order valence-corrected chi connectivity index (χ3v) is 5.73. The van der Waals surface area contributed by atoms with E-state index in [0.29, 0.717) is 19.6 Å². The van der Waals surface area contributed by atoms with E-state index >= 15 is 0 Å². The van der Waals surface area contributed by atoms with E-state index in [1.54, 1.807) is 0 Å². The highest BCUT2D eigenvalue weighted by atomic mass is 16.2. The van der Waals surface area contributed by atoms with Crippen molar-refractivity contribution in [3.63, 3.8) is 0 Å². The molecule has 0 aliphatic carbocycles. The molecule has 31 heavy (non-hydrogen) atoms. The molecule has 0 atom stereocenters. The molecule has 1 fully saturated rings. The summed E-state index contributed by atoms with van der Waals surface area (Å²) in [4.78, 5) is 41.6. The fourth-order valence-electron chi connectivity index (χ4n) is 4.17. The van der Waals surface area contributed by atoms with Crippen molar-refractivity contribution in [1.29, 1.82) is 0 Å². The van der Waals surface area contributed by atoms with Crippen LogP contribution in [0.25, 0.3) is 5.65 Å². The number of nitrogens with one attached hydrogen (secondary N) is 1. The van der Waals surface area contributed by atoms with Crippen LogP contribution in [0.2, 0.25) is 0 Å². The summed E-state index contributed by atoms with van der Waals surface area (Å²) in [6, 6.07) is 5.80. The van der Waals surface area contributed by atoms with E-state index in [4.69, 9.17) is 5.73 Å². The third kappa shape index (κ3) is 4.15. The van der Waals surface area contributed by atoms with Gasteiger partial charge in [-0.05, 0) is 44.0 Å². The molecule has 0 saturated carbocycles. The van der Waals surface area contributed by atoms with Gasteiger partial charge < -0.3 is 5.73 Å². The van der Waals surface area contributed by atoms with Gasteiger partial charge in [-0.1, -0.05) is 19.9 Å². The number of aromatic amines is 1. The Morgan fingerprint density at radius 1 is 1.23 bits per heavy atom. The molecule has 0 amide bonds. The summed E-state index contributed by atoms with van der Waals surface area (Å²) in [7, 11) is 0. The van der Waals surface area contributed by atoms with Crippen LogP contribution in [0.5, 0.6) is 0 Å². The quantitative estimate of drug-likeness (QED) is 0.560. The van der Waals surface area contributed by atoms with Gasteiger partial charge in [-0.15, -0.1) is 10.2 Å². The number of aromatic nitrogens is 5. The molecular formula is C21H27N7O3. The maximum atomic E-state index is 12.9. The van der Waals surface area contributed by atoms with Gasteiger partial charge in [0, 0.05) is 18.7 Å². The summed E-state index contributed by atoms with van der Waals surface area (Å²) in [5.74, 6) is 0.897. The van der Waals surface area contributed by atoms with Crippen LogP contribution in [-0.4, -0.2) is 54.5 Å². The number of Topliss-reactive ketones (excluding diaryl/α,β-unsaturated/α-hetero) is 1. The van der Waals surface area contributed by atoms with Gasteiger partial charge in [-0.2, -0.15) is 0 Å². The van der Waals surface area contributed by atoms with E-state index in [1.807, 2.05) is 47.5 Å².